The molecule has 8 nitrogen and oxygen atoms in total. The highest BCUT2D eigenvalue weighted by molar-refractivity contribution is 7.88. The zero-order valence-corrected chi connectivity index (χ0v) is 21.1. The number of amides is 1. The Morgan fingerprint density at radius 2 is 1.78 bits per heavy atom. The van der Waals surface area contributed by atoms with Crippen LogP contribution in [0.4, 0.5) is 22.4 Å². The molecule has 3 saturated heterocycles. The van der Waals surface area contributed by atoms with Gasteiger partial charge in [0.1, 0.15) is 22.8 Å². The van der Waals surface area contributed by atoms with Gasteiger partial charge in [-0.05, 0) is 77.2 Å². The number of likely N-dealkylation sites (tertiary alicyclic amines) is 2. The van der Waals surface area contributed by atoms with Crippen molar-refractivity contribution in [2.24, 2.45) is 0 Å². The number of nitrogens with zero attached hydrogens (tertiary/aromatic N) is 2. The normalized spacial score (nSPS) is 23.5. The number of rotatable bonds is 4. The number of carbonyl (C=O) groups excluding carboxylic acids is 1. The largest absolute Gasteiger partial charge is 0.534 e. The third kappa shape index (κ3) is 5.72. The predicted molar refractivity (Wildman–Crippen MR) is 120 cm³/mol. The summed E-state index contributed by atoms with van der Waals surface area (Å²) in [5, 5.41) is 0. The summed E-state index contributed by atoms with van der Waals surface area (Å²) in [5.41, 5.74) is -6.46. The van der Waals surface area contributed by atoms with Crippen molar-refractivity contribution in [3.8, 4) is 5.75 Å². The average molecular weight is 539 g/mol. The molecule has 0 aliphatic carbocycles. The molecule has 4 rings (SSSR count). The molecule has 0 saturated carbocycles. The van der Waals surface area contributed by atoms with Crippen molar-refractivity contribution in [1.82, 2.24) is 9.80 Å². The molecule has 1 aromatic carbocycles. The van der Waals surface area contributed by atoms with E-state index in [-0.39, 0.29) is 23.6 Å². The van der Waals surface area contributed by atoms with Crippen LogP contribution >= 0.6 is 0 Å². The predicted octanol–water partition coefficient (Wildman–Crippen LogP) is 4.01. The van der Waals surface area contributed by atoms with Gasteiger partial charge in [-0.1, -0.05) is 0 Å². The van der Waals surface area contributed by atoms with E-state index in [2.05, 4.69) is 9.08 Å². The summed E-state index contributed by atoms with van der Waals surface area (Å²) in [5.74, 6) is -1.56. The molecule has 1 spiro atoms. The lowest BCUT2D eigenvalue weighted by Crippen LogP contribution is -2.64. The van der Waals surface area contributed by atoms with Gasteiger partial charge in [-0.2, -0.15) is 21.6 Å². The number of carbonyl (C=O) groups is 1. The fourth-order valence-electron chi connectivity index (χ4n) is 5.04. The molecule has 0 unspecified atom stereocenters. The van der Waals surface area contributed by atoms with Crippen LogP contribution in [0, 0.1) is 5.82 Å². The Morgan fingerprint density at radius 1 is 1.14 bits per heavy atom. The molecule has 36 heavy (non-hydrogen) atoms. The quantitative estimate of drug-likeness (QED) is 0.325. The molecule has 3 fully saturated rings. The number of halogens is 4. The van der Waals surface area contributed by atoms with Crippen molar-refractivity contribution in [2.45, 2.75) is 68.7 Å². The van der Waals surface area contributed by atoms with Gasteiger partial charge in [0.15, 0.2) is 0 Å². The Kier molecular flexibility index (Phi) is 6.97. The van der Waals surface area contributed by atoms with Crippen LogP contribution in [0.25, 0.3) is 0 Å². The van der Waals surface area contributed by atoms with Crippen LogP contribution in [0.15, 0.2) is 18.2 Å². The summed E-state index contributed by atoms with van der Waals surface area (Å²) in [4.78, 5) is 16.1. The Bertz CT molecular complexity index is 1090. The van der Waals surface area contributed by atoms with Gasteiger partial charge in [-0.25, -0.2) is 9.18 Å². The Balaban J connectivity index is 1.34. The van der Waals surface area contributed by atoms with Gasteiger partial charge < -0.3 is 18.6 Å². The molecule has 3 heterocycles. The summed E-state index contributed by atoms with van der Waals surface area (Å²) in [6, 6.07) is 2.94. The first-order valence-corrected chi connectivity index (χ1v) is 13.1. The minimum Gasteiger partial charge on any atom is -0.444 e. The number of hydrogen-bond acceptors (Lipinski definition) is 7. The van der Waals surface area contributed by atoms with Crippen molar-refractivity contribution in [3.05, 3.63) is 29.6 Å². The highest BCUT2D eigenvalue weighted by Gasteiger charge is 2.53. The molecule has 3 aliphatic heterocycles. The maximum absolute atomic E-state index is 13.9. The first-order valence-electron chi connectivity index (χ1n) is 11.7. The van der Waals surface area contributed by atoms with Gasteiger partial charge in [0.2, 0.25) is 0 Å². The number of hydrogen-bond donors (Lipinski definition) is 0. The summed E-state index contributed by atoms with van der Waals surface area (Å²) >= 11 is 0. The highest BCUT2D eigenvalue weighted by Crippen LogP contribution is 2.41. The summed E-state index contributed by atoms with van der Waals surface area (Å²) < 4.78 is 91.1. The number of ether oxygens (including phenoxy) is 2. The van der Waals surface area contributed by atoms with Crippen molar-refractivity contribution in [3.63, 3.8) is 0 Å². The summed E-state index contributed by atoms with van der Waals surface area (Å²) in [6.45, 7) is 7.96. The molecule has 13 heteroatoms. The van der Waals surface area contributed by atoms with Gasteiger partial charge in [-0.15, -0.1) is 0 Å². The maximum atomic E-state index is 13.9. The van der Waals surface area contributed by atoms with Crippen molar-refractivity contribution < 1.29 is 44.4 Å². The van der Waals surface area contributed by atoms with Gasteiger partial charge in [0, 0.05) is 11.6 Å². The van der Waals surface area contributed by atoms with E-state index in [1.165, 1.54) is 0 Å². The van der Waals surface area contributed by atoms with E-state index in [0.717, 1.165) is 24.6 Å². The fraction of sp³-hybridized carbons (Fsp3) is 0.696. The molecule has 202 valence electrons. The average Bonchev–Trinajstić information content (AvgIpc) is 3.18. The standard InChI is InChI=1S/C23H30F4N2O6S/c1-21(2,3)34-20(30)29-13-22(14-29)11-17(12-33-22)28-8-6-15(7-9-28)18-10-16(24)4-5-19(18)35-36(31,32)23(25,26)27/h4-5,10,15,17H,6-9,11-14H2,1-3H3/t17-/m0/s1. The van der Waals surface area contributed by atoms with E-state index >= 15 is 0 Å². The number of benzene rings is 1. The molecule has 0 radical (unpaired) electrons. The lowest BCUT2D eigenvalue weighted by molar-refractivity contribution is -0.109. The van der Waals surface area contributed by atoms with E-state index in [9.17, 15) is 30.8 Å². The Morgan fingerprint density at radius 3 is 2.36 bits per heavy atom. The maximum Gasteiger partial charge on any atom is 0.534 e. The van der Waals surface area contributed by atoms with E-state index in [1.807, 2.05) is 0 Å². The second kappa shape index (κ2) is 9.32. The van der Waals surface area contributed by atoms with Gasteiger partial charge in [-0.3, -0.25) is 4.90 Å². The molecule has 1 atom stereocenters. The summed E-state index contributed by atoms with van der Waals surface area (Å²) in [6.07, 6.45) is 1.33. The fourth-order valence-corrected chi connectivity index (χ4v) is 5.52. The SMILES string of the molecule is CC(C)(C)OC(=O)N1CC2(C[C@H](N3CCC(c4cc(F)ccc4OS(=O)(=O)C(F)(F)F)CC3)CO2)C1. The zero-order valence-electron chi connectivity index (χ0n) is 20.3. The van der Waals surface area contributed by atoms with Crippen molar-refractivity contribution >= 4 is 16.2 Å². The van der Waals surface area contributed by atoms with Gasteiger partial charge >= 0.3 is 21.7 Å². The molecular formula is C23H30F4N2O6S. The topological polar surface area (TPSA) is 85.4 Å². The lowest BCUT2D eigenvalue weighted by atomic mass is 9.86. The van der Waals surface area contributed by atoms with Crippen LogP contribution in [0.1, 0.15) is 51.5 Å². The van der Waals surface area contributed by atoms with E-state index in [0.29, 0.717) is 45.6 Å². The Hall–Kier alpha value is -2.12. The molecule has 0 bridgehead atoms. The molecule has 1 aromatic rings. The minimum absolute atomic E-state index is 0.105. The molecule has 3 aliphatic rings. The van der Waals surface area contributed by atoms with Crippen LogP contribution in [-0.2, 0) is 19.6 Å². The zero-order chi connectivity index (χ0) is 26.5. The molecule has 0 N–H and O–H groups in total. The van der Waals surface area contributed by atoms with Gasteiger partial charge in [0.05, 0.1) is 19.7 Å². The van der Waals surface area contributed by atoms with E-state index in [4.69, 9.17) is 9.47 Å². The molecular weight excluding hydrogens is 508 g/mol. The minimum atomic E-state index is -5.87. The monoisotopic (exact) mass is 538 g/mol. The van der Waals surface area contributed by atoms with Crippen LogP contribution < -0.4 is 4.18 Å². The number of alkyl halides is 3. The third-order valence-electron chi connectivity index (χ3n) is 6.74. The van der Waals surface area contributed by atoms with E-state index in [1.54, 1.807) is 25.7 Å². The van der Waals surface area contributed by atoms with E-state index < -0.39 is 38.4 Å². The molecule has 1 amide bonds. The first kappa shape index (κ1) is 26.9. The summed E-state index contributed by atoms with van der Waals surface area (Å²) in [7, 11) is -5.87. The first-order chi connectivity index (χ1) is 16.6. The van der Waals surface area contributed by atoms with Crippen LogP contribution in [0.5, 0.6) is 5.75 Å². The highest BCUT2D eigenvalue weighted by atomic mass is 32.2. The smallest absolute Gasteiger partial charge is 0.444 e. The second-order valence-electron chi connectivity index (χ2n) is 10.7. The van der Waals surface area contributed by atoms with Gasteiger partial charge in [0.25, 0.3) is 0 Å². The third-order valence-corrected chi connectivity index (χ3v) is 7.71. The van der Waals surface area contributed by atoms with Crippen LogP contribution in [0.2, 0.25) is 0 Å². The molecule has 0 aromatic heterocycles. The van der Waals surface area contributed by atoms with Crippen molar-refractivity contribution in [1.29, 1.82) is 0 Å². The number of piperidine rings is 1. The van der Waals surface area contributed by atoms with Crippen molar-refractivity contribution in [2.75, 3.05) is 32.8 Å². The second-order valence-corrected chi connectivity index (χ2v) is 12.2. The van der Waals surface area contributed by atoms with Crippen LogP contribution in [-0.4, -0.2) is 79.8 Å². The Labute approximate surface area is 207 Å². The van der Waals surface area contributed by atoms with Crippen LogP contribution in [0.3, 0.4) is 0 Å². The lowest BCUT2D eigenvalue weighted by Gasteiger charge is -2.47.